The van der Waals surface area contributed by atoms with Gasteiger partial charge in [0.15, 0.2) is 10.7 Å². The Morgan fingerprint density at radius 3 is 2.62 bits per heavy atom. The van der Waals surface area contributed by atoms with Gasteiger partial charge in [-0.1, -0.05) is 36.4 Å². The van der Waals surface area contributed by atoms with Gasteiger partial charge < -0.3 is 4.98 Å². The third-order valence-electron chi connectivity index (χ3n) is 5.51. The van der Waals surface area contributed by atoms with Crippen LogP contribution in [0.15, 0.2) is 65.6 Å². The number of carbonyl (C=O) groups is 1. The number of benzene rings is 2. The van der Waals surface area contributed by atoms with Gasteiger partial charge in [-0.2, -0.15) is 4.31 Å². The molecule has 0 radical (unpaired) electrons. The molecule has 0 saturated carbocycles. The summed E-state index contributed by atoms with van der Waals surface area (Å²) in [5, 5.41) is 12.4. The van der Waals surface area contributed by atoms with Crippen LogP contribution in [-0.4, -0.2) is 34.5 Å². The van der Waals surface area contributed by atoms with Gasteiger partial charge in [0.1, 0.15) is 0 Å². The highest BCUT2D eigenvalue weighted by Gasteiger charge is 2.48. The zero-order valence-electron chi connectivity index (χ0n) is 15.0. The third-order valence-corrected chi connectivity index (χ3v) is 7.45. The topological polar surface area (TPSA) is 113 Å². The van der Waals surface area contributed by atoms with E-state index >= 15 is 0 Å². The molecule has 2 aliphatic rings. The number of ketones is 1. The van der Waals surface area contributed by atoms with Crippen molar-refractivity contribution in [2.45, 2.75) is 23.4 Å². The molecule has 8 nitrogen and oxygen atoms in total. The van der Waals surface area contributed by atoms with Gasteiger partial charge in [-0.3, -0.25) is 14.9 Å². The monoisotopic (exact) mass is 409 g/mol. The van der Waals surface area contributed by atoms with Crippen molar-refractivity contribution >= 4 is 32.4 Å². The van der Waals surface area contributed by atoms with Crippen molar-refractivity contribution in [2.75, 3.05) is 0 Å². The molecular formula is C20H15N3O5S. The predicted octanol–water partition coefficient (Wildman–Crippen LogP) is 2.87. The minimum atomic E-state index is -4.31. The molecule has 5 rings (SSSR count). The van der Waals surface area contributed by atoms with Crippen molar-refractivity contribution in [1.29, 1.82) is 0 Å². The van der Waals surface area contributed by atoms with E-state index in [4.69, 9.17) is 0 Å². The van der Waals surface area contributed by atoms with Gasteiger partial charge in [0.25, 0.3) is 15.7 Å². The number of carbonyl (C=O) groups excluding carboxylic acids is 1. The van der Waals surface area contributed by atoms with Gasteiger partial charge in [0, 0.05) is 22.7 Å². The third kappa shape index (κ3) is 2.48. The fourth-order valence-corrected chi connectivity index (χ4v) is 6.13. The van der Waals surface area contributed by atoms with E-state index in [1.54, 1.807) is 6.08 Å². The average molecular weight is 409 g/mol. The Hall–Kier alpha value is -3.30. The van der Waals surface area contributed by atoms with E-state index in [2.05, 4.69) is 4.98 Å². The Morgan fingerprint density at radius 2 is 1.83 bits per heavy atom. The Labute approximate surface area is 165 Å². The van der Waals surface area contributed by atoms with Crippen molar-refractivity contribution in [2.24, 2.45) is 0 Å². The lowest BCUT2D eigenvalue weighted by atomic mass is 9.88. The lowest BCUT2D eigenvalue weighted by Gasteiger charge is -2.40. The largest absolute Gasteiger partial charge is 0.357 e. The van der Waals surface area contributed by atoms with E-state index in [0.717, 1.165) is 26.8 Å². The summed E-state index contributed by atoms with van der Waals surface area (Å²) in [5.41, 5.74) is 1.94. The van der Waals surface area contributed by atoms with Gasteiger partial charge in [0.2, 0.25) is 0 Å². The number of nitro benzene ring substituents is 1. The molecule has 0 amide bonds. The lowest BCUT2D eigenvalue weighted by Crippen LogP contribution is -2.52. The number of aromatic amines is 1. The summed E-state index contributed by atoms with van der Waals surface area (Å²) in [6.45, 7) is 0. The van der Waals surface area contributed by atoms with Crippen molar-refractivity contribution in [3.63, 3.8) is 0 Å². The number of hydrogen-bond acceptors (Lipinski definition) is 5. The second-order valence-electron chi connectivity index (χ2n) is 7.05. The number of hydrogen-bond donors (Lipinski definition) is 1. The summed E-state index contributed by atoms with van der Waals surface area (Å²) >= 11 is 0. The zero-order chi connectivity index (χ0) is 20.3. The van der Waals surface area contributed by atoms with Crippen LogP contribution in [0.4, 0.5) is 5.69 Å². The minimum absolute atomic E-state index is 0.207. The van der Waals surface area contributed by atoms with Crippen LogP contribution in [0.2, 0.25) is 0 Å². The quantitative estimate of drug-likeness (QED) is 0.528. The highest BCUT2D eigenvalue weighted by molar-refractivity contribution is 7.89. The number of aromatic nitrogens is 1. The van der Waals surface area contributed by atoms with Crippen LogP contribution in [0.25, 0.3) is 10.9 Å². The van der Waals surface area contributed by atoms with Crippen LogP contribution in [0.5, 0.6) is 0 Å². The molecule has 0 fully saturated rings. The fourth-order valence-electron chi connectivity index (χ4n) is 4.26. The van der Waals surface area contributed by atoms with Crippen molar-refractivity contribution in [1.82, 2.24) is 9.29 Å². The molecule has 3 heterocycles. The SMILES string of the molecule is O=C1C=CC2c3[nH]c4ccccc4c3CC1N2S(=O)(=O)c1ccccc1[N+](=O)[O-]. The number of nitro groups is 1. The number of rotatable bonds is 3. The summed E-state index contributed by atoms with van der Waals surface area (Å²) in [6.07, 6.45) is 3.15. The van der Waals surface area contributed by atoms with E-state index in [9.17, 15) is 23.3 Å². The van der Waals surface area contributed by atoms with Crippen LogP contribution < -0.4 is 0 Å². The van der Waals surface area contributed by atoms with Crippen LogP contribution >= 0.6 is 0 Å². The van der Waals surface area contributed by atoms with Crippen molar-refractivity contribution in [3.8, 4) is 0 Å². The Bertz CT molecular complexity index is 1320. The highest BCUT2D eigenvalue weighted by atomic mass is 32.2. The van der Waals surface area contributed by atoms with E-state index < -0.39 is 37.6 Å². The van der Waals surface area contributed by atoms with Crippen LogP contribution in [0.3, 0.4) is 0 Å². The van der Waals surface area contributed by atoms with Gasteiger partial charge in [0.05, 0.1) is 17.0 Å². The summed E-state index contributed by atoms with van der Waals surface area (Å²) in [6, 6.07) is 11.1. The molecule has 2 bridgehead atoms. The van der Waals surface area contributed by atoms with E-state index in [1.807, 2.05) is 24.3 Å². The minimum Gasteiger partial charge on any atom is -0.357 e. The zero-order valence-corrected chi connectivity index (χ0v) is 15.8. The summed E-state index contributed by atoms with van der Waals surface area (Å²) < 4.78 is 28.1. The second-order valence-corrected chi connectivity index (χ2v) is 8.86. The molecule has 0 spiro atoms. The van der Waals surface area contributed by atoms with E-state index in [0.29, 0.717) is 5.69 Å². The van der Waals surface area contributed by atoms with Gasteiger partial charge in [-0.25, -0.2) is 8.42 Å². The maximum absolute atomic E-state index is 13.5. The summed E-state index contributed by atoms with van der Waals surface area (Å²) in [5.74, 6) is -0.334. The molecule has 2 unspecified atom stereocenters. The predicted molar refractivity (Wildman–Crippen MR) is 105 cm³/mol. The van der Waals surface area contributed by atoms with E-state index in [-0.39, 0.29) is 12.2 Å². The lowest BCUT2D eigenvalue weighted by molar-refractivity contribution is -0.387. The summed E-state index contributed by atoms with van der Waals surface area (Å²) in [7, 11) is -4.31. The van der Waals surface area contributed by atoms with Gasteiger partial charge in [-0.15, -0.1) is 0 Å². The number of para-hydroxylation sites is 2. The number of nitrogens with one attached hydrogen (secondary N) is 1. The molecular weight excluding hydrogens is 394 g/mol. The maximum atomic E-state index is 13.5. The number of sulfonamides is 1. The standard InChI is InChI=1S/C20H15N3O5S/c24-18-10-9-16-20-13(12-5-1-2-6-14(12)21-20)11-17(18)22(16)29(27,28)19-8-4-3-7-15(19)23(25)26/h1-10,16-17,21H,11H2. The molecule has 2 aliphatic heterocycles. The van der Waals surface area contributed by atoms with Crippen LogP contribution in [0.1, 0.15) is 17.3 Å². The van der Waals surface area contributed by atoms with Crippen molar-refractivity contribution in [3.05, 3.63) is 82.1 Å². The number of fused-ring (bicyclic) bond motifs is 6. The molecule has 9 heteroatoms. The first kappa shape index (κ1) is 17.8. The van der Waals surface area contributed by atoms with Crippen LogP contribution in [0, 0.1) is 10.1 Å². The fraction of sp³-hybridized carbons (Fsp3) is 0.150. The molecule has 3 aromatic rings. The Kier molecular flexibility index (Phi) is 3.74. The van der Waals surface area contributed by atoms with Gasteiger partial charge >= 0.3 is 0 Å². The highest BCUT2D eigenvalue weighted by Crippen LogP contribution is 2.44. The maximum Gasteiger partial charge on any atom is 0.289 e. The van der Waals surface area contributed by atoms with Crippen LogP contribution in [-0.2, 0) is 21.2 Å². The molecule has 0 aliphatic carbocycles. The molecule has 2 atom stereocenters. The first-order valence-electron chi connectivity index (χ1n) is 8.98. The molecule has 146 valence electrons. The average Bonchev–Trinajstić information content (AvgIpc) is 3.09. The van der Waals surface area contributed by atoms with Gasteiger partial charge in [-0.05, 0) is 30.2 Å². The number of H-pyrrole nitrogens is 1. The first-order chi connectivity index (χ1) is 13.9. The van der Waals surface area contributed by atoms with E-state index in [1.165, 1.54) is 24.3 Å². The Morgan fingerprint density at radius 1 is 1.10 bits per heavy atom. The molecule has 1 N–H and O–H groups in total. The molecule has 2 aromatic carbocycles. The second kappa shape index (κ2) is 6.10. The Balaban J connectivity index is 1.73. The molecule has 0 saturated heterocycles. The molecule has 1 aromatic heterocycles. The first-order valence-corrected chi connectivity index (χ1v) is 10.4. The van der Waals surface area contributed by atoms with Crippen molar-refractivity contribution < 1.29 is 18.1 Å². The molecule has 29 heavy (non-hydrogen) atoms. The number of nitrogens with zero attached hydrogens (tertiary/aromatic N) is 2. The smallest absolute Gasteiger partial charge is 0.289 e. The summed E-state index contributed by atoms with van der Waals surface area (Å²) in [4.78, 5) is 26.2. The normalized spacial score (nSPS) is 21.3.